The first-order valence-corrected chi connectivity index (χ1v) is 11.0. The molecule has 1 heterocycles. The summed E-state index contributed by atoms with van der Waals surface area (Å²) in [6.07, 6.45) is 3.42. The maximum absolute atomic E-state index is 12.8. The van der Waals surface area contributed by atoms with Crippen LogP contribution in [0.1, 0.15) is 15.9 Å². The van der Waals surface area contributed by atoms with Gasteiger partial charge in [0.1, 0.15) is 6.61 Å². The zero-order valence-electron chi connectivity index (χ0n) is 17.8. The smallest absolute Gasteiger partial charge is 0.337 e. The van der Waals surface area contributed by atoms with Gasteiger partial charge in [0.05, 0.1) is 34.8 Å². The van der Waals surface area contributed by atoms with Gasteiger partial charge >= 0.3 is 5.97 Å². The molecule has 3 rings (SSSR count). The third-order valence-corrected chi connectivity index (χ3v) is 6.06. The van der Waals surface area contributed by atoms with Crippen LogP contribution in [0.15, 0.2) is 63.4 Å². The largest absolute Gasteiger partial charge is 0.493 e. The molecule has 0 aliphatic carbocycles. The highest BCUT2D eigenvalue weighted by Crippen LogP contribution is 2.39. The number of thioether (sulfide) groups is 1. The predicted octanol–water partition coefficient (Wildman–Crippen LogP) is 5.04. The number of aliphatic imine (C=N–C) groups is 1. The number of rotatable bonds is 7. The van der Waals surface area contributed by atoms with Crippen LogP contribution in [0.4, 0.5) is 5.69 Å². The predicted molar refractivity (Wildman–Crippen MR) is 130 cm³/mol. The summed E-state index contributed by atoms with van der Waals surface area (Å²) in [4.78, 5) is 30.9. The molecule has 1 aliphatic rings. The van der Waals surface area contributed by atoms with Crippen LogP contribution >= 0.6 is 27.7 Å². The van der Waals surface area contributed by atoms with Crippen molar-refractivity contribution in [3.8, 4) is 11.5 Å². The molecular formula is C23H21BrN2O5S. The topological polar surface area (TPSA) is 77.4 Å². The van der Waals surface area contributed by atoms with Crippen LogP contribution in [0.25, 0.3) is 6.08 Å². The number of hydrogen-bond donors (Lipinski definition) is 0. The standard InChI is InChI=1S/C23H21BrN2O5S/c1-5-10-31-20-17(24)11-14(12-18(20)29-3)13-19-21(27)26(2)23(32-19)25-16-8-6-15(7-9-16)22(28)30-4/h5-9,11-13H,1,10H2,2-4H3/b19-13-,25-23?. The normalized spacial score (nSPS) is 15.9. The van der Waals surface area contributed by atoms with E-state index < -0.39 is 5.97 Å². The molecule has 1 saturated heterocycles. The van der Waals surface area contributed by atoms with Crippen molar-refractivity contribution in [2.75, 3.05) is 27.9 Å². The van der Waals surface area contributed by atoms with Crippen LogP contribution in [-0.2, 0) is 9.53 Å². The van der Waals surface area contributed by atoms with E-state index in [1.807, 2.05) is 6.07 Å². The number of amidine groups is 1. The van der Waals surface area contributed by atoms with E-state index in [-0.39, 0.29) is 5.91 Å². The number of nitrogens with zero attached hydrogens (tertiary/aromatic N) is 2. The summed E-state index contributed by atoms with van der Waals surface area (Å²) in [5.74, 6) is 0.521. The number of ether oxygens (including phenoxy) is 3. The quantitative estimate of drug-likeness (QED) is 0.291. The van der Waals surface area contributed by atoms with Gasteiger partial charge in [-0.15, -0.1) is 0 Å². The molecule has 0 radical (unpaired) electrons. The number of methoxy groups -OCH3 is 2. The van der Waals surface area contributed by atoms with Gasteiger partial charge in [-0.3, -0.25) is 9.69 Å². The fraction of sp³-hybridized carbons (Fsp3) is 0.174. The molecule has 1 fully saturated rings. The Morgan fingerprint density at radius 3 is 2.59 bits per heavy atom. The Hall–Kier alpha value is -3.04. The van der Waals surface area contributed by atoms with E-state index in [0.29, 0.717) is 43.9 Å². The minimum absolute atomic E-state index is 0.165. The number of carbonyl (C=O) groups is 2. The van der Waals surface area contributed by atoms with Gasteiger partial charge in [0.25, 0.3) is 5.91 Å². The van der Waals surface area contributed by atoms with E-state index in [0.717, 1.165) is 5.56 Å². The molecule has 166 valence electrons. The summed E-state index contributed by atoms with van der Waals surface area (Å²) in [5, 5.41) is 0.532. The first-order chi connectivity index (χ1) is 15.4. The van der Waals surface area contributed by atoms with E-state index >= 15 is 0 Å². The minimum atomic E-state index is -0.417. The van der Waals surface area contributed by atoms with Gasteiger partial charge in [-0.05, 0) is 75.7 Å². The molecule has 2 aromatic carbocycles. The Balaban J connectivity index is 1.86. The van der Waals surface area contributed by atoms with Gasteiger partial charge < -0.3 is 14.2 Å². The lowest BCUT2D eigenvalue weighted by Crippen LogP contribution is -2.23. The average molecular weight is 517 g/mol. The third kappa shape index (κ3) is 5.23. The van der Waals surface area contributed by atoms with Gasteiger partial charge in [-0.25, -0.2) is 9.79 Å². The molecule has 2 aromatic rings. The van der Waals surface area contributed by atoms with Crippen molar-refractivity contribution in [3.63, 3.8) is 0 Å². The van der Waals surface area contributed by atoms with Gasteiger partial charge in [0.2, 0.25) is 0 Å². The maximum atomic E-state index is 12.8. The summed E-state index contributed by atoms with van der Waals surface area (Å²) in [7, 11) is 4.55. The highest BCUT2D eigenvalue weighted by molar-refractivity contribution is 9.10. The Kier molecular flexibility index (Phi) is 7.76. The molecule has 32 heavy (non-hydrogen) atoms. The molecule has 0 saturated carbocycles. The van der Waals surface area contributed by atoms with Crippen molar-refractivity contribution in [2.24, 2.45) is 4.99 Å². The van der Waals surface area contributed by atoms with Gasteiger partial charge in [-0.1, -0.05) is 12.7 Å². The van der Waals surface area contributed by atoms with E-state index in [1.165, 1.54) is 23.8 Å². The lowest BCUT2D eigenvalue weighted by molar-refractivity contribution is -0.121. The fourth-order valence-corrected chi connectivity index (χ4v) is 4.37. The minimum Gasteiger partial charge on any atom is -0.493 e. The molecule has 0 N–H and O–H groups in total. The van der Waals surface area contributed by atoms with Gasteiger partial charge in [0, 0.05) is 7.05 Å². The highest BCUT2D eigenvalue weighted by atomic mass is 79.9. The number of halogens is 1. The molecule has 0 unspecified atom stereocenters. The van der Waals surface area contributed by atoms with Crippen LogP contribution in [0.3, 0.4) is 0 Å². The first-order valence-electron chi connectivity index (χ1n) is 9.43. The molecule has 9 heteroatoms. The molecule has 0 atom stereocenters. The molecule has 1 amide bonds. The molecule has 0 aromatic heterocycles. The summed E-state index contributed by atoms with van der Waals surface area (Å²) in [6.45, 7) is 3.99. The number of likely N-dealkylation sites (N-methyl/N-ethyl adjacent to an activating group) is 1. The molecule has 1 aliphatic heterocycles. The number of hydrogen-bond acceptors (Lipinski definition) is 7. The maximum Gasteiger partial charge on any atom is 0.337 e. The second-order valence-electron chi connectivity index (χ2n) is 6.54. The van der Waals surface area contributed by atoms with Crippen LogP contribution in [0, 0.1) is 0 Å². The molecule has 0 spiro atoms. The molecular weight excluding hydrogens is 496 g/mol. The van der Waals surface area contributed by atoms with Crippen LogP contribution in [0.2, 0.25) is 0 Å². The second kappa shape index (κ2) is 10.5. The number of amides is 1. The number of esters is 1. The van der Waals surface area contributed by atoms with E-state index in [1.54, 1.807) is 56.6 Å². The summed E-state index contributed by atoms with van der Waals surface area (Å²) >= 11 is 4.76. The monoisotopic (exact) mass is 516 g/mol. The van der Waals surface area contributed by atoms with Crippen molar-refractivity contribution in [1.82, 2.24) is 4.90 Å². The van der Waals surface area contributed by atoms with Gasteiger partial charge in [0.15, 0.2) is 16.7 Å². The molecule has 0 bridgehead atoms. The lowest BCUT2D eigenvalue weighted by atomic mass is 10.2. The van der Waals surface area contributed by atoms with Crippen molar-refractivity contribution < 1.29 is 23.8 Å². The zero-order chi connectivity index (χ0) is 23.3. The SMILES string of the molecule is C=CCOc1c(Br)cc(/C=C2\SC(=Nc3ccc(C(=O)OC)cc3)N(C)C2=O)cc1OC. The third-order valence-electron chi connectivity index (χ3n) is 4.41. The van der Waals surface area contributed by atoms with E-state index in [2.05, 4.69) is 27.5 Å². The first kappa shape index (κ1) is 23.6. The Morgan fingerprint density at radius 1 is 1.25 bits per heavy atom. The average Bonchev–Trinajstić information content (AvgIpc) is 3.05. The van der Waals surface area contributed by atoms with Crippen molar-refractivity contribution in [1.29, 1.82) is 0 Å². The van der Waals surface area contributed by atoms with Crippen LogP contribution in [-0.4, -0.2) is 49.8 Å². The summed E-state index contributed by atoms with van der Waals surface area (Å²) in [6, 6.07) is 10.3. The number of benzene rings is 2. The highest BCUT2D eigenvalue weighted by Gasteiger charge is 2.30. The van der Waals surface area contributed by atoms with Crippen molar-refractivity contribution in [3.05, 3.63) is 69.6 Å². The van der Waals surface area contributed by atoms with Crippen molar-refractivity contribution >= 4 is 56.5 Å². The van der Waals surface area contributed by atoms with Crippen LogP contribution in [0.5, 0.6) is 11.5 Å². The Labute approximate surface area is 198 Å². The number of carbonyl (C=O) groups excluding carboxylic acids is 2. The second-order valence-corrected chi connectivity index (χ2v) is 8.40. The van der Waals surface area contributed by atoms with Gasteiger partial charge in [-0.2, -0.15) is 0 Å². The Morgan fingerprint density at radius 2 is 1.97 bits per heavy atom. The van der Waals surface area contributed by atoms with E-state index in [4.69, 9.17) is 14.2 Å². The fourth-order valence-electron chi connectivity index (χ4n) is 2.81. The summed E-state index contributed by atoms with van der Waals surface area (Å²) in [5.41, 5.74) is 1.82. The molecule has 7 nitrogen and oxygen atoms in total. The van der Waals surface area contributed by atoms with E-state index in [9.17, 15) is 9.59 Å². The Bertz CT molecular complexity index is 1110. The van der Waals surface area contributed by atoms with Crippen molar-refractivity contribution in [2.45, 2.75) is 0 Å². The summed E-state index contributed by atoms with van der Waals surface area (Å²) < 4.78 is 16.5. The zero-order valence-corrected chi connectivity index (χ0v) is 20.2. The van der Waals surface area contributed by atoms with Crippen LogP contribution < -0.4 is 9.47 Å². The lowest BCUT2D eigenvalue weighted by Gasteiger charge is -2.12.